The number of aromatic hydroxyl groups is 1. The van der Waals surface area contributed by atoms with Crippen LogP contribution >= 0.6 is 0 Å². The van der Waals surface area contributed by atoms with Crippen LogP contribution in [0.15, 0.2) is 48.5 Å². The molecule has 2 heteroatoms. The molecular formula is C17H19NO. The molecule has 98 valence electrons. The molecule has 2 atom stereocenters. The fraction of sp³-hybridized carbons (Fsp3) is 0.294. The summed E-state index contributed by atoms with van der Waals surface area (Å²) in [5, 5.41) is 9.40. The van der Waals surface area contributed by atoms with Gasteiger partial charge in [-0.3, -0.25) is 0 Å². The van der Waals surface area contributed by atoms with Gasteiger partial charge >= 0.3 is 0 Å². The van der Waals surface area contributed by atoms with Crippen molar-refractivity contribution in [2.24, 2.45) is 0 Å². The third-order valence-electron chi connectivity index (χ3n) is 4.05. The zero-order chi connectivity index (χ0) is 13.4. The molecule has 0 bridgehead atoms. The molecule has 1 N–H and O–H groups in total. The lowest BCUT2D eigenvalue weighted by atomic mass is 10.1. The largest absolute Gasteiger partial charge is 0.508 e. The third-order valence-corrected chi connectivity index (χ3v) is 4.05. The number of para-hydroxylation sites is 1. The molecule has 1 heterocycles. The molecular weight excluding hydrogens is 234 g/mol. The molecule has 2 aromatic rings. The number of nitrogens with zero attached hydrogens (tertiary/aromatic N) is 1. The molecule has 0 aromatic heterocycles. The molecule has 0 saturated heterocycles. The SMILES string of the molecule is CC1Cc2ccccc2N1C(C)c1ccc(O)cc1. The summed E-state index contributed by atoms with van der Waals surface area (Å²) in [4.78, 5) is 2.47. The van der Waals surface area contributed by atoms with Gasteiger partial charge in [0.25, 0.3) is 0 Å². The maximum absolute atomic E-state index is 9.40. The first-order chi connectivity index (χ1) is 9.16. The van der Waals surface area contributed by atoms with E-state index >= 15 is 0 Å². The monoisotopic (exact) mass is 253 g/mol. The molecule has 2 nitrogen and oxygen atoms in total. The van der Waals surface area contributed by atoms with E-state index in [2.05, 4.69) is 43.0 Å². The third kappa shape index (κ3) is 2.07. The van der Waals surface area contributed by atoms with Crippen molar-refractivity contribution in [3.63, 3.8) is 0 Å². The predicted octanol–water partition coefficient (Wildman–Crippen LogP) is 3.90. The summed E-state index contributed by atoms with van der Waals surface area (Å²) in [6, 6.07) is 17.0. The van der Waals surface area contributed by atoms with Crippen molar-refractivity contribution in [3.05, 3.63) is 59.7 Å². The second-order valence-electron chi connectivity index (χ2n) is 5.36. The van der Waals surface area contributed by atoms with Crippen molar-refractivity contribution in [2.45, 2.75) is 32.4 Å². The highest BCUT2D eigenvalue weighted by molar-refractivity contribution is 5.60. The number of rotatable bonds is 2. The Kier molecular flexibility index (Phi) is 2.94. The van der Waals surface area contributed by atoms with Crippen molar-refractivity contribution >= 4 is 5.69 Å². The molecule has 0 saturated carbocycles. The minimum atomic E-state index is 0.319. The van der Waals surface area contributed by atoms with Crippen molar-refractivity contribution in [1.82, 2.24) is 0 Å². The molecule has 0 amide bonds. The van der Waals surface area contributed by atoms with Crippen LogP contribution in [0.5, 0.6) is 5.75 Å². The zero-order valence-electron chi connectivity index (χ0n) is 11.4. The number of hydrogen-bond acceptors (Lipinski definition) is 2. The normalized spacial score (nSPS) is 19.3. The number of phenols is 1. The molecule has 0 radical (unpaired) electrons. The number of phenolic OH excluding ortho intramolecular Hbond substituents is 1. The van der Waals surface area contributed by atoms with E-state index in [9.17, 15) is 5.11 Å². The Morgan fingerprint density at radius 1 is 1.11 bits per heavy atom. The number of fused-ring (bicyclic) bond motifs is 1. The van der Waals surface area contributed by atoms with E-state index in [1.807, 2.05) is 12.1 Å². The Morgan fingerprint density at radius 3 is 2.53 bits per heavy atom. The Bertz CT molecular complexity index is 576. The second-order valence-corrected chi connectivity index (χ2v) is 5.36. The van der Waals surface area contributed by atoms with Gasteiger partial charge in [0.1, 0.15) is 5.75 Å². The van der Waals surface area contributed by atoms with Gasteiger partial charge in [0.15, 0.2) is 0 Å². The Hall–Kier alpha value is -1.96. The number of anilines is 1. The molecule has 2 aromatic carbocycles. The molecule has 1 aliphatic rings. The molecule has 19 heavy (non-hydrogen) atoms. The van der Waals surface area contributed by atoms with E-state index in [4.69, 9.17) is 0 Å². The van der Waals surface area contributed by atoms with E-state index in [1.165, 1.54) is 16.8 Å². The van der Waals surface area contributed by atoms with Gasteiger partial charge in [0.05, 0.1) is 6.04 Å². The molecule has 1 aliphatic heterocycles. The van der Waals surface area contributed by atoms with E-state index in [-0.39, 0.29) is 0 Å². The summed E-state index contributed by atoms with van der Waals surface area (Å²) in [5.74, 6) is 0.325. The van der Waals surface area contributed by atoms with Crippen LogP contribution in [0.1, 0.15) is 31.0 Å². The first kappa shape index (κ1) is 12.1. The quantitative estimate of drug-likeness (QED) is 0.877. The maximum atomic E-state index is 9.40. The second kappa shape index (κ2) is 4.61. The molecule has 2 unspecified atom stereocenters. The first-order valence-corrected chi connectivity index (χ1v) is 6.82. The van der Waals surface area contributed by atoms with Crippen LogP contribution < -0.4 is 4.90 Å². The average molecular weight is 253 g/mol. The Balaban J connectivity index is 1.95. The van der Waals surface area contributed by atoms with Crippen molar-refractivity contribution in [3.8, 4) is 5.75 Å². The van der Waals surface area contributed by atoms with Gasteiger partial charge in [-0.05, 0) is 49.6 Å². The van der Waals surface area contributed by atoms with Crippen LogP contribution in [0.3, 0.4) is 0 Å². The van der Waals surface area contributed by atoms with E-state index in [0.29, 0.717) is 17.8 Å². The minimum Gasteiger partial charge on any atom is -0.508 e. The lowest BCUT2D eigenvalue weighted by Gasteiger charge is -2.32. The lowest BCUT2D eigenvalue weighted by Crippen LogP contribution is -2.32. The summed E-state index contributed by atoms with van der Waals surface area (Å²) in [7, 11) is 0. The van der Waals surface area contributed by atoms with Crippen LogP contribution in [-0.4, -0.2) is 11.1 Å². The summed E-state index contributed by atoms with van der Waals surface area (Å²) in [5.41, 5.74) is 4.01. The Labute approximate surface area is 114 Å². The van der Waals surface area contributed by atoms with Crippen LogP contribution in [0.4, 0.5) is 5.69 Å². The van der Waals surface area contributed by atoms with Gasteiger partial charge in [0, 0.05) is 11.7 Å². The van der Waals surface area contributed by atoms with Gasteiger partial charge in [-0.2, -0.15) is 0 Å². The maximum Gasteiger partial charge on any atom is 0.115 e. The lowest BCUT2D eigenvalue weighted by molar-refractivity contribution is 0.474. The van der Waals surface area contributed by atoms with Gasteiger partial charge in [-0.25, -0.2) is 0 Å². The van der Waals surface area contributed by atoms with E-state index in [0.717, 1.165) is 6.42 Å². The smallest absolute Gasteiger partial charge is 0.115 e. The molecule has 0 fully saturated rings. The van der Waals surface area contributed by atoms with Crippen molar-refractivity contribution < 1.29 is 5.11 Å². The van der Waals surface area contributed by atoms with Crippen LogP contribution in [0.25, 0.3) is 0 Å². The minimum absolute atomic E-state index is 0.319. The van der Waals surface area contributed by atoms with Crippen LogP contribution in [0.2, 0.25) is 0 Å². The first-order valence-electron chi connectivity index (χ1n) is 6.82. The summed E-state index contributed by atoms with van der Waals surface area (Å²) >= 11 is 0. The number of hydrogen-bond donors (Lipinski definition) is 1. The van der Waals surface area contributed by atoms with Crippen LogP contribution in [0, 0.1) is 0 Å². The highest BCUT2D eigenvalue weighted by atomic mass is 16.3. The van der Waals surface area contributed by atoms with Gasteiger partial charge in [-0.15, -0.1) is 0 Å². The summed E-state index contributed by atoms with van der Waals surface area (Å²) in [6.45, 7) is 4.50. The average Bonchev–Trinajstić information content (AvgIpc) is 2.74. The topological polar surface area (TPSA) is 23.5 Å². The van der Waals surface area contributed by atoms with E-state index < -0.39 is 0 Å². The van der Waals surface area contributed by atoms with Gasteiger partial charge in [-0.1, -0.05) is 30.3 Å². The molecule has 0 aliphatic carbocycles. The Morgan fingerprint density at radius 2 is 1.79 bits per heavy atom. The standard InChI is InChI=1S/C17H19NO/c1-12-11-15-5-3-4-6-17(15)18(12)13(2)14-7-9-16(19)10-8-14/h3-10,12-13,19H,11H2,1-2H3. The van der Waals surface area contributed by atoms with Crippen LogP contribution in [-0.2, 0) is 6.42 Å². The van der Waals surface area contributed by atoms with E-state index in [1.54, 1.807) is 12.1 Å². The summed E-state index contributed by atoms with van der Waals surface area (Å²) in [6.07, 6.45) is 1.11. The molecule has 0 spiro atoms. The number of benzene rings is 2. The van der Waals surface area contributed by atoms with Crippen molar-refractivity contribution in [2.75, 3.05) is 4.90 Å². The fourth-order valence-electron chi connectivity index (χ4n) is 3.09. The van der Waals surface area contributed by atoms with Gasteiger partial charge in [0.2, 0.25) is 0 Å². The highest BCUT2D eigenvalue weighted by Gasteiger charge is 2.29. The zero-order valence-corrected chi connectivity index (χ0v) is 11.4. The van der Waals surface area contributed by atoms with Gasteiger partial charge < -0.3 is 10.0 Å². The van der Waals surface area contributed by atoms with Crippen molar-refractivity contribution in [1.29, 1.82) is 0 Å². The molecule has 3 rings (SSSR count). The summed E-state index contributed by atoms with van der Waals surface area (Å²) < 4.78 is 0. The highest BCUT2D eigenvalue weighted by Crippen LogP contribution is 2.38. The predicted molar refractivity (Wildman–Crippen MR) is 78.6 cm³/mol. The fourth-order valence-corrected chi connectivity index (χ4v) is 3.09.